The second-order valence-corrected chi connectivity index (χ2v) is 7.24. The summed E-state index contributed by atoms with van der Waals surface area (Å²) in [5, 5.41) is 7.23. The van der Waals surface area contributed by atoms with Crippen LogP contribution in [-0.4, -0.2) is 45.8 Å². The molecule has 1 aliphatic heterocycles. The molecule has 0 bridgehead atoms. The van der Waals surface area contributed by atoms with Crippen LogP contribution in [0.3, 0.4) is 0 Å². The number of rotatable bonds is 2. The van der Waals surface area contributed by atoms with Crippen LogP contribution in [0.5, 0.6) is 0 Å². The summed E-state index contributed by atoms with van der Waals surface area (Å²) in [5.41, 5.74) is 1.25. The van der Waals surface area contributed by atoms with Gasteiger partial charge in [0.25, 0.3) is 5.91 Å². The highest BCUT2D eigenvalue weighted by Crippen LogP contribution is 2.43. The first kappa shape index (κ1) is 14.1. The first-order chi connectivity index (χ1) is 9.37. The molecule has 1 amide bonds. The number of carbonyl (C=O) groups is 1. The molecule has 1 aromatic rings. The van der Waals surface area contributed by atoms with Crippen molar-refractivity contribution in [1.29, 1.82) is 0 Å². The van der Waals surface area contributed by atoms with Crippen LogP contribution in [-0.2, 0) is 4.74 Å². The van der Waals surface area contributed by atoms with E-state index < -0.39 is 0 Å². The zero-order chi connectivity index (χ0) is 14.5. The van der Waals surface area contributed by atoms with E-state index >= 15 is 0 Å². The van der Waals surface area contributed by atoms with E-state index in [0.717, 1.165) is 10.2 Å². The Bertz CT molecular complexity index is 537. The van der Waals surface area contributed by atoms with Crippen molar-refractivity contribution in [2.75, 3.05) is 13.1 Å². The number of nitrogens with one attached hydrogen (secondary N) is 1. The van der Waals surface area contributed by atoms with Crippen LogP contribution in [0.15, 0.2) is 4.47 Å². The summed E-state index contributed by atoms with van der Waals surface area (Å²) in [6.07, 6.45) is 2.40. The number of amides is 1. The SMILES string of the molecule is CC1CN(C(=O)c2n[nH]c(C3CC3)c2Br)CC(C)(C)O1. The fraction of sp³-hybridized carbons (Fsp3) is 0.714. The van der Waals surface area contributed by atoms with E-state index in [1.807, 2.05) is 25.7 Å². The second-order valence-electron chi connectivity index (χ2n) is 6.45. The molecule has 2 aliphatic rings. The van der Waals surface area contributed by atoms with E-state index in [1.165, 1.54) is 12.8 Å². The Balaban J connectivity index is 1.81. The molecule has 110 valence electrons. The summed E-state index contributed by atoms with van der Waals surface area (Å²) in [5.74, 6) is 0.515. The molecule has 1 saturated heterocycles. The van der Waals surface area contributed by atoms with Gasteiger partial charge in [-0.05, 0) is 49.5 Å². The third kappa shape index (κ3) is 2.63. The standard InChI is InChI=1S/C14H20BrN3O2/c1-8-6-18(7-14(2,3)20-8)13(19)12-10(15)11(16-17-12)9-4-5-9/h8-9H,4-7H2,1-3H3,(H,16,17). The summed E-state index contributed by atoms with van der Waals surface area (Å²) in [6.45, 7) is 7.22. The van der Waals surface area contributed by atoms with Crippen molar-refractivity contribution in [2.45, 2.75) is 51.2 Å². The van der Waals surface area contributed by atoms with Gasteiger partial charge in [0.05, 0.1) is 21.9 Å². The third-order valence-electron chi connectivity index (χ3n) is 3.78. The quantitative estimate of drug-likeness (QED) is 0.899. The monoisotopic (exact) mass is 341 g/mol. The molecule has 1 aliphatic carbocycles. The Morgan fingerprint density at radius 1 is 1.50 bits per heavy atom. The lowest BCUT2D eigenvalue weighted by molar-refractivity contribution is -0.119. The van der Waals surface area contributed by atoms with Crippen LogP contribution < -0.4 is 0 Å². The molecule has 0 spiro atoms. The van der Waals surface area contributed by atoms with Gasteiger partial charge in [0.15, 0.2) is 5.69 Å². The van der Waals surface area contributed by atoms with Crippen molar-refractivity contribution >= 4 is 21.8 Å². The molecule has 6 heteroatoms. The maximum Gasteiger partial charge on any atom is 0.275 e. The minimum absolute atomic E-state index is 0.0248. The number of hydrogen-bond donors (Lipinski definition) is 1. The van der Waals surface area contributed by atoms with Crippen molar-refractivity contribution < 1.29 is 9.53 Å². The van der Waals surface area contributed by atoms with Crippen molar-refractivity contribution in [3.8, 4) is 0 Å². The van der Waals surface area contributed by atoms with E-state index in [-0.39, 0.29) is 17.6 Å². The average molecular weight is 342 g/mol. The molecular formula is C14H20BrN3O2. The molecule has 5 nitrogen and oxygen atoms in total. The average Bonchev–Trinajstić information content (AvgIpc) is 3.10. The van der Waals surface area contributed by atoms with E-state index in [0.29, 0.717) is 24.7 Å². The van der Waals surface area contributed by atoms with E-state index in [2.05, 4.69) is 26.1 Å². The number of nitrogens with zero attached hydrogens (tertiary/aromatic N) is 2. The molecule has 1 aromatic heterocycles. The molecule has 20 heavy (non-hydrogen) atoms. The van der Waals surface area contributed by atoms with Gasteiger partial charge < -0.3 is 9.64 Å². The van der Waals surface area contributed by atoms with E-state index in [1.54, 1.807) is 0 Å². The topological polar surface area (TPSA) is 58.2 Å². The van der Waals surface area contributed by atoms with Crippen LogP contribution in [0, 0.1) is 0 Å². The number of morpholine rings is 1. The number of ether oxygens (including phenoxy) is 1. The maximum atomic E-state index is 12.7. The summed E-state index contributed by atoms with van der Waals surface area (Å²) >= 11 is 3.53. The lowest BCUT2D eigenvalue weighted by Gasteiger charge is -2.41. The number of aromatic amines is 1. The molecule has 2 fully saturated rings. The Labute approximate surface area is 127 Å². The molecular weight excluding hydrogens is 322 g/mol. The van der Waals surface area contributed by atoms with Gasteiger partial charge in [-0.1, -0.05) is 0 Å². The normalized spacial score (nSPS) is 25.8. The Morgan fingerprint density at radius 3 is 2.80 bits per heavy atom. The Morgan fingerprint density at radius 2 is 2.20 bits per heavy atom. The number of halogens is 1. The predicted molar refractivity (Wildman–Crippen MR) is 78.8 cm³/mol. The molecule has 1 N–H and O–H groups in total. The number of hydrogen-bond acceptors (Lipinski definition) is 3. The van der Waals surface area contributed by atoms with Gasteiger partial charge in [-0.2, -0.15) is 5.10 Å². The number of H-pyrrole nitrogens is 1. The van der Waals surface area contributed by atoms with Crippen molar-refractivity contribution in [2.24, 2.45) is 0 Å². The number of carbonyl (C=O) groups excluding carboxylic acids is 1. The third-order valence-corrected chi connectivity index (χ3v) is 4.58. The van der Waals surface area contributed by atoms with E-state index in [4.69, 9.17) is 4.74 Å². The smallest absolute Gasteiger partial charge is 0.275 e. The van der Waals surface area contributed by atoms with Crippen molar-refractivity contribution in [1.82, 2.24) is 15.1 Å². The molecule has 0 radical (unpaired) electrons. The van der Waals surface area contributed by atoms with Gasteiger partial charge >= 0.3 is 0 Å². The molecule has 1 saturated carbocycles. The molecule has 1 atom stereocenters. The summed E-state index contributed by atoms with van der Waals surface area (Å²) in [7, 11) is 0. The van der Waals surface area contributed by atoms with E-state index in [9.17, 15) is 4.79 Å². The molecule has 1 unspecified atom stereocenters. The predicted octanol–water partition coefficient (Wildman–Crippen LogP) is 2.69. The molecule has 3 rings (SSSR count). The highest BCUT2D eigenvalue weighted by atomic mass is 79.9. The first-order valence-corrected chi connectivity index (χ1v) is 7.87. The molecule has 2 heterocycles. The first-order valence-electron chi connectivity index (χ1n) is 7.08. The van der Waals surface area contributed by atoms with Gasteiger partial charge in [-0.3, -0.25) is 9.89 Å². The van der Waals surface area contributed by atoms with Crippen molar-refractivity contribution in [3.63, 3.8) is 0 Å². The van der Waals surface area contributed by atoms with Crippen LogP contribution in [0.4, 0.5) is 0 Å². The van der Waals surface area contributed by atoms with Crippen LogP contribution in [0.25, 0.3) is 0 Å². The summed E-state index contributed by atoms with van der Waals surface area (Å²) in [4.78, 5) is 14.5. The highest BCUT2D eigenvalue weighted by molar-refractivity contribution is 9.10. The van der Waals surface area contributed by atoms with Crippen LogP contribution in [0.1, 0.15) is 55.7 Å². The minimum Gasteiger partial charge on any atom is -0.369 e. The summed E-state index contributed by atoms with van der Waals surface area (Å²) in [6, 6.07) is 0. The van der Waals surface area contributed by atoms with Gasteiger partial charge in [0.1, 0.15) is 0 Å². The minimum atomic E-state index is -0.310. The fourth-order valence-corrected chi connectivity index (χ4v) is 3.55. The maximum absolute atomic E-state index is 12.7. The van der Waals surface area contributed by atoms with Gasteiger partial charge in [-0.15, -0.1) is 0 Å². The Hall–Kier alpha value is -0.880. The largest absolute Gasteiger partial charge is 0.369 e. The summed E-state index contributed by atoms with van der Waals surface area (Å²) < 4.78 is 6.67. The second kappa shape index (κ2) is 4.84. The lowest BCUT2D eigenvalue weighted by Crippen LogP contribution is -2.53. The van der Waals surface area contributed by atoms with Gasteiger partial charge in [0, 0.05) is 19.0 Å². The van der Waals surface area contributed by atoms with Crippen LogP contribution in [0.2, 0.25) is 0 Å². The highest BCUT2D eigenvalue weighted by Gasteiger charge is 2.37. The molecule has 0 aromatic carbocycles. The zero-order valence-corrected chi connectivity index (χ0v) is 13.7. The van der Waals surface area contributed by atoms with Gasteiger partial charge in [0.2, 0.25) is 0 Å². The van der Waals surface area contributed by atoms with Crippen molar-refractivity contribution in [3.05, 3.63) is 15.9 Å². The lowest BCUT2D eigenvalue weighted by atomic mass is 10.1. The van der Waals surface area contributed by atoms with Crippen LogP contribution >= 0.6 is 15.9 Å². The fourth-order valence-electron chi connectivity index (χ4n) is 2.88. The van der Waals surface area contributed by atoms with Gasteiger partial charge in [-0.25, -0.2) is 0 Å². The number of aromatic nitrogens is 2. The zero-order valence-electron chi connectivity index (χ0n) is 12.1. The Kier molecular flexibility index (Phi) is 3.41.